The van der Waals surface area contributed by atoms with E-state index in [1.54, 1.807) is 23.7 Å². The van der Waals surface area contributed by atoms with Crippen LogP contribution in [-0.2, 0) is 6.54 Å². The summed E-state index contributed by atoms with van der Waals surface area (Å²) >= 11 is 5.01. The monoisotopic (exact) mass is 269 g/mol. The average molecular weight is 270 g/mol. The molecule has 2 N–H and O–H groups in total. The third-order valence-electron chi connectivity index (χ3n) is 1.72. The first-order valence-electron chi connectivity index (χ1n) is 4.07. The van der Waals surface area contributed by atoms with Crippen LogP contribution >= 0.6 is 27.3 Å². The molecule has 14 heavy (non-hydrogen) atoms. The topological polar surface area (TPSA) is 51.8 Å². The molecular weight excluding hydrogens is 262 g/mol. The highest BCUT2D eigenvalue weighted by Crippen LogP contribution is 2.28. The number of pyridine rings is 1. The second kappa shape index (κ2) is 4.16. The van der Waals surface area contributed by atoms with Gasteiger partial charge in [-0.3, -0.25) is 4.98 Å². The van der Waals surface area contributed by atoms with Gasteiger partial charge >= 0.3 is 0 Å². The van der Waals surface area contributed by atoms with Crippen LogP contribution in [0.4, 0.5) is 0 Å². The van der Waals surface area contributed by atoms with Crippen molar-refractivity contribution < 1.29 is 0 Å². The van der Waals surface area contributed by atoms with Gasteiger partial charge in [0.1, 0.15) is 10.7 Å². The summed E-state index contributed by atoms with van der Waals surface area (Å²) in [4.78, 5) is 9.59. The van der Waals surface area contributed by atoms with E-state index in [0.29, 0.717) is 6.54 Å². The van der Waals surface area contributed by atoms with Gasteiger partial charge in [0.15, 0.2) is 0 Å². The van der Waals surface area contributed by atoms with Crippen molar-refractivity contribution in [2.24, 2.45) is 5.73 Å². The zero-order valence-corrected chi connectivity index (χ0v) is 9.68. The van der Waals surface area contributed by atoms with Gasteiger partial charge in [0, 0.05) is 28.3 Å². The van der Waals surface area contributed by atoms with E-state index < -0.39 is 0 Å². The molecule has 0 bridgehead atoms. The molecule has 2 aromatic rings. The van der Waals surface area contributed by atoms with E-state index in [4.69, 9.17) is 5.73 Å². The fourth-order valence-electron chi connectivity index (χ4n) is 1.05. The SMILES string of the molecule is NCc1cnc(-c2ncccc2Br)s1. The molecule has 0 saturated heterocycles. The third kappa shape index (κ3) is 1.84. The van der Waals surface area contributed by atoms with Crippen molar-refractivity contribution in [2.75, 3.05) is 0 Å². The van der Waals surface area contributed by atoms with Crippen LogP contribution in [0.3, 0.4) is 0 Å². The van der Waals surface area contributed by atoms with Crippen molar-refractivity contribution in [3.8, 4) is 10.7 Å². The molecule has 0 fully saturated rings. The first-order chi connectivity index (χ1) is 6.81. The molecule has 2 rings (SSSR count). The lowest BCUT2D eigenvalue weighted by Gasteiger charge is -1.96. The Morgan fingerprint density at radius 1 is 1.43 bits per heavy atom. The predicted octanol–water partition coefficient (Wildman–Crippen LogP) is 2.43. The van der Waals surface area contributed by atoms with Gasteiger partial charge in [0.2, 0.25) is 0 Å². The minimum absolute atomic E-state index is 0.530. The molecule has 3 nitrogen and oxygen atoms in total. The van der Waals surface area contributed by atoms with E-state index in [-0.39, 0.29) is 0 Å². The molecule has 0 saturated carbocycles. The summed E-state index contributed by atoms with van der Waals surface area (Å²) in [6.07, 6.45) is 3.55. The van der Waals surface area contributed by atoms with Gasteiger partial charge in [-0.15, -0.1) is 11.3 Å². The van der Waals surface area contributed by atoms with Crippen LogP contribution in [0.25, 0.3) is 10.7 Å². The number of halogens is 1. The van der Waals surface area contributed by atoms with Crippen LogP contribution in [0.2, 0.25) is 0 Å². The first kappa shape index (κ1) is 9.76. The van der Waals surface area contributed by atoms with E-state index in [1.807, 2.05) is 12.1 Å². The number of hydrogen-bond acceptors (Lipinski definition) is 4. The molecule has 0 amide bonds. The molecule has 0 aliphatic heterocycles. The molecule has 0 aromatic carbocycles. The lowest BCUT2D eigenvalue weighted by atomic mass is 10.4. The van der Waals surface area contributed by atoms with E-state index >= 15 is 0 Å². The van der Waals surface area contributed by atoms with Crippen LogP contribution in [0, 0.1) is 0 Å². The van der Waals surface area contributed by atoms with Gasteiger partial charge in [-0.1, -0.05) is 0 Å². The van der Waals surface area contributed by atoms with Gasteiger partial charge in [-0.05, 0) is 28.1 Å². The molecule has 0 aliphatic carbocycles. The van der Waals surface area contributed by atoms with Gasteiger partial charge in [-0.2, -0.15) is 0 Å². The zero-order valence-electron chi connectivity index (χ0n) is 7.27. The van der Waals surface area contributed by atoms with Crippen LogP contribution in [0.1, 0.15) is 4.88 Å². The van der Waals surface area contributed by atoms with Crippen LogP contribution in [0.5, 0.6) is 0 Å². The van der Waals surface area contributed by atoms with Crippen LogP contribution < -0.4 is 5.73 Å². The highest BCUT2D eigenvalue weighted by molar-refractivity contribution is 9.10. The maximum absolute atomic E-state index is 5.52. The lowest BCUT2D eigenvalue weighted by Crippen LogP contribution is -1.91. The molecule has 2 aromatic heterocycles. The summed E-state index contributed by atoms with van der Waals surface area (Å²) in [6.45, 7) is 0.530. The van der Waals surface area contributed by atoms with Crippen molar-refractivity contribution in [3.63, 3.8) is 0 Å². The van der Waals surface area contributed by atoms with Crippen LogP contribution in [0.15, 0.2) is 29.0 Å². The Bertz CT molecular complexity index is 441. The van der Waals surface area contributed by atoms with Crippen molar-refractivity contribution in [3.05, 3.63) is 33.9 Å². The smallest absolute Gasteiger partial charge is 0.143 e. The molecule has 72 valence electrons. The number of hydrogen-bond donors (Lipinski definition) is 1. The number of thiazole rings is 1. The third-order valence-corrected chi connectivity index (χ3v) is 3.38. The predicted molar refractivity (Wildman–Crippen MR) is 60.9 cm³/mol. The second-order valence-corrected chi connectivity index (χ2v) is 4.64. The largest absolute Gasteiger partial charge is 0.326 e. The van der Waals surface area contributed by atoms with E-state index in [9.17, 15) is 0 Å². The summed E-state index contributed by atoms with van der Waals surface area (Å²) in [5.74, 6) is 0. The molecule has 5 heteroatoms. The maximum atomic E-state index is 5.52. The molecule has 0 atom stereocenters. The quantitative estimate of drug-likeness (QED) is 0.911. The molecule has 0 spiro atoms. The highest BCUT2D eigenvalue weighted by Gasteiger charge is 2.07. The van der Waals surface area contributed by atoms with Gasteiger partial charge in [0.05, 0.1) is 0 Å². The van der Waals surface area contributed by atoms with Gasteiger partial charge in [-0.25, -0.2) is 4.98 Å². The second-order valence-electron chi connectivity index (χ2n) is 2.67. The number of nitrogens with two attached hydrogens (primary N) is 1. The summed E-state index contributed by atoms with van der Waals surface area (Å²) in [7, 11) is 0. The van der Waals surface area contributed by atoms with Crippen molar-refractivity contribution in [1.29, 1.82) is 0 Å². The van der Waals surface area contributed by atoms with E-state index in [0.717, 1.165) is 20.1 Å². The molecule has 0 aliphatic rings. The number of aromatic nitrogens is 2. The van der Waals surface area contributed by atoms with Crippen molar-refractivity contribution in [1.82, 2.24) is 9.97 Å². The minimum Gasteiger partial charge on any atom is -0.326 e. The highest BCUT2D eigenvalue weighted by atomic mass is 79.9. The average Bonchev–Trinajstić information content (AvgIpc) is 2.67. The van der Waals surface area contributed by atoms with Gasteiger partial charge < -0.3 is 5.73 Å². The summed E-state index contributed by atoms with van der Waals surface area (Å²) in [5, 5.41) is 0.901. The van der Waals surface area contributed by atoms with Crippen LogP contribution in [-0.4, -0.2) is 9.97 Å². The number of nitrogens with zero attached hydrogens (tertiary/aromatic N) is 2. The Morgan fingerprint density at radius 2 is 2.29 bits per heavy atom. The Balaban J connectivity index is 2.44. The molecular formula is C9H8BrN3S. The maximum Gasteiger partial charge on any atom is 0.143 e. The van der Waals surface area contributed by atoms with Crippen molar-refractivity contribution >= 4 is 27.3 Å². The summed E-state index contributed by atoms with van der Waals surface area (Å²) in [6, 6.07) is 3.83. The molecule has 2 heterocycles. The van der Waals surface area contributed by atoms with Crippen molar-refractivity contribution in [2.45, 2.75) is 6.54 Å². The lowest BCUT2D eigenvalue weighted by molar-refractivity contribution is 1.10. The zero-order chi connectivity index (χ0) is 9.97. The molecule has 0 unspecified atom stereocenters. The normalized spacial score (nSPS) is 10.4. The Morgan fingerprint density at radius 3 is 2.93 bits per heavy atom. The van der Waals surface area contributed by atoms with E-state index in [1.165, 1.54) is 0 Å². The standard InChI is InChI=1S/C9H8BrN3S/c10-7-2-1-3-12-8(7)9-13-5-6(4-11)14-9/h1-3,5H,4,11H2. The van der Waals surface area contributed by atoms with E-state index in [2.05, 4.69) is 25.9 Å². The Labute approximate surface area is 94.1 Å². The Kier molecular flexibility index (Phi) is 2.90. The summed E-state index contributed by atoms with van der Waals surface area (Å²) < 4.78 is 0.956. The number of rotatable bonds is 2. The minimum atomic E-state index is 0.530. The Hall–Kier alpha value is -0.780. The molecule has 0 radical (unpaired) electrons. The first-order valence-corrected chi connectivity index (χ1v) is 5.68. The van der Waals surface area contributed by atoms with Gasteiger partial charge in [0.25, 0.3) is 0 Å². The fraction of sp³-hybridized carbons (Fsp3) is 0.111. The fourth-order valence-corrected chi connectivity index (χ4v) is 2.43. The summed E-state index contributed by atoms with van der Waals surface area (Å²) in [5.41, 5.74) is 6.39.